The first kappa shape index (κ1) is 12.3. The fraction of sp³-hybridized carbons (Fsp3) is 0.500. The Balaban J connectivity index is 2.39. The molecule has 92 valence electrons. The number of aryl methyl sites for hydroxylation is 1. The third-order valence-electron chi connectivity index (χ3n) is 4.21. The predicted molar refractivity (Wildman–Crippen MR) is 66.6 cm³/mol. The Bertz CT molecular complexity index is 428. The molecule has 0 aliphatic heterocycles. The molecule has 0 heterocycles. The smallest absolute Gasteiger partial charge is 0.151 e. The van der Waals surface area contributed by atoms with Crippen molar-refractivity contribution < 1.29 is 9.90 Å². The van der Waals surface area contributed by atoms with Crippen molar-refractivity contribution in [3.63, 3.8) is 0 Å². The molecule has 2 atom stereocenters. The van der Waals surface area contributed by atoms with Crippen molar-refractivity contribution in [2.24, 2.45) is 11.1 Å². The van der Waals surface area contributed by atoms with Gasteiger partial charge < -0.3 is 15.6 Å². The van der Waals surface area contributed by atoms with Crippen LogP contribution in [0.25, 0.3) is 0 Å². The summed E-state index contributed by atoms with van der Waals surface area (Å²) >= 11 is 0. The average molecular weight is 233 g/mol. The molecule has 1 aromatic carbocycles. The van der Waals surface area contributed by atoms with E-state index in [2.05, 4.69) is 12.1 Å². The van der Waals surface area contributed by atoms with Gasteiger partial charge in [0.25, 0.3) is 0 Å². The van der Waals surface area contributed by atoms with Crippen LogP contribution in [-0.2, 0) is 17.6 Å². The largest absolute Gasteiger partial charge is 0.382 e. The number of hydrogen-bond acceptors (Lipinski definition) is 3. The molecule has 1 aliphatic rings. The Labute approximate surface area is 102 Å². The Morgan fingerprint density at radius 1 is 1.47 bits per heavy atom. The molecule has 3 N–H and O–H groups in total. The van der Waals surface area contributed by atoms with Gasteiger partial charge in [-0.25, -0.2) is 0 Å². The minimum atomic E-state index is -1.35. The highest BCUT2D eigenvalue weighted by molar-refractivity contribution is 5.64. The molecule has 0 saturated carbocycles. The number of fused-ring (bicyclic) bond motifs is 1. The Kier molecular flexibility index (Phi) is 3.06. The lowest BCUT2D eigenvalue weighted by Gasteiger charge is -2.44. The average Bonchev–Trinajstić information content (AvgIpc) is 2.37. The van der Waals surface area contributed by atoms with Crippen LogP contribution in [0.2, 0.25) is 0 Å². The van der Waals surface area contributed by atoms with Crippen LogP contribution in [0.5, 0.6) is 0 Å². The molecule has 2 unspecified atom stereocenters. The molecule has 2 rings (SSSR count). The summed E-state index contributed by atoms with van der Waals surface area (Å²) in [5.41, 5.74) is 6.47. The lowest BCUT2D eigenvalue weighted by molar-refractivity contribution is -0.137. The first-order valence-corrected chi connectivity index (χ1v) is 6.00. The normalized spacial score (nSPS) is 27.0. The molecule has 0 amide bonds. The van der Waals surface area contributed by atoms with Crippen LogP contribution in [0.1, 0.15) is 24.5 Å². The number of nitrogens with two attached hydrogens (primary N) is 1. The highest BCUT2D eigenvalue weighted by Crippen LogP contribution is 2.42. The van der Waals surface area contributed by atoms with Gasteiger partial charge in [0, 0.05) is 12.0 Å². The van der Waals surface area contributed by atoms with Gasteiger partial charge in [0.05, 0.1) is 0 Å². The van der Waals surface area contributed by atoms with Crippen molar-refractivity contribution in [1.29, 1.82) is 0 Å². The van der Waals surface area contributed by atoms with Gasteiger partial charge in [-0.15, -0.1) is 0 Å². The number of benzene rings is 1. The molecular weight excluding hydrogens is 214 g/mol. The Morgan fingerprint density at radius 2 is 2.12 bits per heavy atom. The van der Waals surface area contributed by atoms with Crippen LogP contribution >= 0.6 is 0 Å². The van der Waals surface area contributed by atoms with Gasteiger partial charge in [-0.1, -0.05) is 24.3 Å². The van der Waals surface area contributed by atoms with Crippen molar-refractivity contribution in [2.45, 2.75) is 31.8 Å². The first-order valence-electron chi connectivity index (χ1n) is 6.00. The molecule has 0 fully saturated rings. The highest BCUT2D eigenvalue weighted by atomic mass is 16.3. The van der Waals surface area contributed by atoms with Gasteiger partial charge in [-0.3, -0.25) is 0 Å². The summed E-state index contributed by atoms with van der Waals surface area (Å²) in [7, 11) is 0. The maximum atomic E-state index is 11.1. The first-order chi connectivity index (χ1) is 8.04. The monoisotopic (exact) mass is 233 g/mol. The number of hydrogen-bond donors (Lipinski definition) is 2. The van der Waals surface area contributed by atoms with Gasteiger partial charge in [0.2, 0.25) is 0 Å². The molecule has 0 saturated heterocycles. The summed E-state index contributed by atoms with van der Waals surface area (Å²) in [5.74, 6) is 0. The van der Waals surface area contributed by atoms with Crippen molar-refractivity contribution >= 4 is 6.29 Å². The zero-order valence-electron chi connectivity index (χ0n) is 10.1. The van der Waals surface area contributed by atoms with E-state index in [0.29, 0.717) is 19.3 Å². The lowest BCUT2D eigenvalue weighted by atomic mass is 9.63. The third kappa shape index (κ3) is 1.90. The number of carbonyl (C=O) groups excluding carboxylic acids is 1. The second-order valence-corrected chi connectivity index (χ2v) is 5.20. The minimum Gasteiger partial charge on any atom is -0.382 e. The minimum absolute atomic E-state index is 0.326. The molecule has 0 spiro atoms. The van der Waals surface area contributed by atoms with E-state index in [1.54, 1.807) is 6.92 Å². The van der Waals surface area contributed by atoms with Crippen LogP contribution in [0, 0.1) is 5.41 Å². The van der Waals surface area contributed by atoms with Crippen molar-refractivity contribution in [3.8, 4) is 0 Å². The second-order valence-electron chi connectivity index (χ2n) is 5.20. The fourth-order valence-electron chi connectivity index (χ4n) is 2.74. The zero-order chi connectivity index (χ0) is 12.5. The summed E-state index contributed by atoms with van der Waals surface area (Å²) in [6.07, 6.45) is 2.93. The van der Waals surface area contributed by atoms with Crippen LogP contribution in [0.3, 0.4) is 0 Å². The summed E-state index contributed by atoms with van der Waals surface area (Å²) < 4.78 is 0. The number of aliphatic hydroxyl groups is 1. The van der Waals surface area contributed by atoms with Crippen molar-refractivity contribution in [1.82, 2.24) is 0 Å². The summed E-state index contributed by atoms with van der Waals surface area (Å²) in [5, 5.41) is 10.3. The van der Waals surface area contributed by atoms with E-state index in [-0.39, 0.29) is 0 Å². The van der Waals surface area contributed by atoms with Gasteiger partial charge in [0.1, 0.15) is 5.60 Å². The van der Waals surface area contributed by atoms with Gasteiger partial charge in [-0.05, 0) is 37.3 Å². The number of aldehydes is 1. The van der Waals surface area contributed by atoms with E-state index in [1.807, 2.05) is 12.1 Å². The topological polar surface area (TPSA) is 63.3 Å². The van der Waals surface area contributed by atoms with Crippen molar-refractivity contribution in [3.05, 3.63) is 35.4 Å². The van der Waals surface area contributed by atoms with E-state index in [0.717, 1.165) is 12.8 Å². The van der Waals surface area contributed by atoms with Crippen LogP contribution < -0.4 is 5.73 Å². The highest BCUT2D eigenvalue weighted by Gasteiger charge is 2.47. The summed E-state index contributed by atoms with van der Waals surface area (Å²) in [4.78, 5) is 11.1. The molecule has 0 aromatic heterocycles. The number of rotatable bonds is 3. The van der Waals surface area contributed by atoms with E-state index in [9.17, 15) is 9.90 Å². The zero-order valence-corrected chi connectivity index (χ0v) is 10.1. The van der Waals surface area contributed by atoms with E-state index in [1.165, 1.54) is 11.1 Å². The number of carbonyl (C=O) groups is 1. The predicted octanol–water partition coefficient (Wildman–Crippen LogP) is 1.07. The molecule has 0 radical (unpaired) electrons. The fourth-order valence-corrected chi connectivity index (χ4v) is 2.74. The van der Waals surface area contributed by atoms with E-state index >= 15 is 0 Å². The molecule has 3 heteroatoms. The quantitative estimate of drug-likeness (QED) is 0.768. The van der Waals surface area contributed by atoms with Gasteiger partial charge >= 0.3 is 0 Å². The molecule has 1 aliphatic carbocycles. The molecule has 0 bridgehead atoms. The summed E-state index contributed by atoms with van der Waals surface area (Å²) in [6.45, 7) is 1.90. The molecule has 3 nitrogen and oxygen atoms in total. The van der Waals surface area contributed by atoms with Crippen molar-refractivity contribution in [2.75, 3.05) is 6.54 Å². The van der Waals surface area contributed by atoms with Gasteiger partial charge in [0.15, 0.2) is 6.29 Å². The van der Waals surface area contributed by atoms with E-state index < -0.39 is 11.0 Å². The second kappa shape index (κ2) is 4.24. The molecule has 1 aromatic rings. The van der Waals surface area contributed by atoms with Crippen LogP contribution in [0.4, 0.5) is 0 Å². The Morgan fingerprint density at radius 3 is 2.71 bits per heavy atom. The Hall–Kier alpha value is -1.19. The SMILES string of the molecule is CC(O)(C=O)C1(CN)CCc2ccccc2C1. The van der Waals surface area contributed by atoms with E-state index in [4.69, 9.17) is 5.73 Å². The summed E-state index contributed by atoms with van der Waals surface area (Å²) in [6, 6.07) is 8.17. The molecule has 17 heavy (non-hydrogen) atoms. The van der Waals surface area contributed by atoms with Crippen LogP contribution in [-0.4, -0.2) is 23.5 Å². The van der Waals surface area contributed by atoms with Gasteiger partial charge in [-0.2, -0.15) is 0 Å². The maximum Gasteiger partial charge on any atom is 0.151 e. The maximum absolute atomic E-state index is 11.1. The lowest BCUT2D eigenvalue weighted by Crippen LogP contribution is -2.54. The third-order valence-corrected chi connectivity index (χ3v) is 4.21. The van der Waals surface area contributed by atoms with Crippen LogP contribution in [0.15, 0.2) is 24.3 Å². The standard InChI is InChI=1S/C14H19NO2/c1-13(17,10-16)14(9-15)7-6-11-4-2-3-5-12(11)8-14/h2-5,10,17H,6-9,15H2,1H3. The molecular formula is C14H19NO2.